The number of rotatable bonds is 3. The summed E-state index contributed by atoms with van der Waals surface area (Å²) >= 11 is 5.71. The van der Waals surface area contributed by atoms with Crippen LogP contribution in [-0.2, 0) is 21.0 Å². The van der Waals surface area contributed by atoms with Crippen LogP contribution in [0.5, 0.6) is 0 Å². The minimum atomic E-state index is -4.65. The van der Waals surface area contributed by atoms with Crippen molar-refractivity contribution in [2.75, 3.05) is 6.54 Å². The van der Waals surface area contributed by atoms with Crippen molar-refractivity contribution in [2.45, 2.75) is 36.4 Å². The van der Waals surface area contributed by atoms with Gasteiger partial charge < -0.3 is 5.11 Å². The molecule has 10 heteroatoms. The van der Waals surface area contributed by atoms with Gasteiger partial charge in [-0.25, -0.2) is 8.42 Å². The Balaban J connectivity index is 2.45. The molecule has 0 amide bonds. The molecule has 1 N–H and O–H groups in total. The number of sulfonamides is 1. The van der Waals surface area contributed by atoms with Gasteiger partial charge in [0.15, 0.2) is 0 Å². The van der Waals surface area contributed by atoms with Crippen LogP contribution in [0.3, 0.4) is 0 Å². The van der Waals surface area contributed by atoms with Crippen molar-refractivity contribution in [3.05, 3.63) is 28.8 Å². The molecule has 1 fully saturated rings. The van der Waals surface area contributed by atoms with E-state index >= 15 is 0 Å². The van der Waals surface area contributed by atoms with Gasteiger partial charge in [0.25, 0.3) is 0 Å². The fraction of sp³-hybridized carbons (Fsp3) is 0.462. The second kappa shape index (κ2) is 6.29. The zero-order valence-corrected chi connectivity index (χ0v) is 13.2. The van der Waals surface area contributed by atoms with Gasteiger partial charge in [-0.3, -0.25) is 4.79 Å². The SMILES string of the molecule is O=C(O)[C@H]1CCCCN1S(=O)(=O)c1ccc(C(F)(F)F)cc1Cl. The molecule has 0 bridgehead atoms. The number of aliphatic carboxylic acids is 1. The number of piperidine rings is 1. The van der Waals surface area contributed by atoms with Crippen molar-refractivity contribution in [3.63, 3.8) is 0 Å². The molecule has 0 radical (unpaired) electrons. The van der Waals surface area contributed by atoms with Gasteiger partial charge in [-0.05, 0) is 37.5 Å². The van der Waals surface area contributed by atoms with Crippen LogP contribution >= 0.6 is 11.6 Å². The molecule has 0 saturated carbocycles. The normalized spacial score (nSPS) is 20.4. The zero-order valence-electron chi connectivity index (χ0n) is 11.7. The number of carbonyl (C=O) groups is 1. The monoisotopic (exact) mass is 371 g/mol. The lowest BCUT2D eigenvalue weighted by atomic mass is 10.1. The molecule has 1 aliphatic heterocycles. The number of halogens is 4. The molecule has 0 aliphatic carbocycles. The van der Waals surface area contributed by atoms with Crippen molar-refractivity contribution in [2.24, 2.45) is 0 Å². The van der Waals surface area contributed by atoms with Crippen LogP contribution in [0.2, 0.25) is 5.02 Å². The van der Waals surface area contributed by atoms with E-state index < -0.39 is 43.7 Å². The Labute approximate surface area is 135 Å². The fourth-order valence-electron chi connectivity index (χ4n) is 2.45. The van der Waals surface area contributed by atoms with Gasteiger partial charge in [-0.1, -0.05) is 11.6 Å². The van der Waals surface area contributed by atoms with Crippen LogP contribution in [0.25, 0.3) is 0 Å². The highest BCUT2D eigenvalue weighted by Crippen LogP contribution is 2.35. The third kappa shape index (κ3) is 3.61. The van der Waals surface area contributed by atoms with Crippen LogP contribution in [0, 0.1) is 0 Å². The minimum absolute atomic E-state index is 0.0172. The molecule has 5 nitrogen and oxygen atoms in total. The lowest BCUT2D eigenvalue weighted by Gasteiger charge is -2.32. The molecule has 1 aliphatic rings. The van der Waals surface area contributed by atoms with Gasteiger partial charge in [-0.2, -0.15) is 17.5 Å². The Bertz CT molecular complexity index is 720. The zero-order chi connectivity index (χ0) is 17.4. The summed E-state index contributed by atoms with van der Waals surface area (Å²) in [5.41, 5.74) is -1.07. The molecule has 0 unspecified atom stereocenters. The predicted molar refractivity (Wildman–Crippen MR) is 75.6 cm³/mol. The second-order valence-corrected chi connectivity index (χ2v) is 7.37. The first kappa shape index (κ1) is 18.0. The summed E-state index contributed by atoms with van der Waals surface area (Å²) < 4.78 is 63.8. The summed E-state index contributed by atoms with van der Waals surface area (Å²) in [6, 6.07) is 0.646. The average molecular weight is 372 g/mol. The van der Waals surface area contributed by atoms with Crippen LogP contribution in [-0.4, -0.2) is 36.4 Å². The molecule has 1 saturated heterocycles. The van der Waals surface area contributed by atoms with Crippen molar-refractivity contribution in [3.8, 4) is 0 Å². The van der Waals surface area contributed by atoms with Crippen LogP contribution in [0.4, 0.5) is 13.2 Å². The number of carboxylic acids is 1. The van der Waals surface area contributed by atoms with Crippen molar-refractivity contribution < 1.29 is 31.5 Å². The van der Waals surface area contributed by atoms with E-state index in [4.69, 9.17) is 16.7 Å². The van der Waals surface area contributed by atoms with E-state index in [0.29, 0.717) is 25.0 Å². The maximum Gasteiger partial charge on any atom is 0.416 e. The molecule has 1 aromatic rings. The number of carboxylic acid groups (broad SMARTS) is 1. The first-order valence-corrected chi connectivity index (χ1v) is 8.48. The van der Waals surface area contributed by atoms with Gasteiger partial charge >= 0.3 is 12.1 Å². The largest absolute Gasteiger partial charge is 0.480 e. The second-order valence-electron chi connectivity index (χ2n) is 5.11. The Morgan fingerprint density at radius 1 is 1.30 bits per heavy atom. The topological polar surface area (TPSA) is 74.7 Å². The quantitative estimate of drug-likeness (QED) is 0.886. The first-order valence-electron chi connectivity index (χ1n) is 6.66. The Morgan fingerprint density at radius 2 is 1.96 bits per heavy atom. The van der Waals surface area contributed by atoms with E-state index in [1.807, 2.05) is 0 Å². The molecule has 1 aromatic carbocycles. The van der Waals surface area contributed by atoms with Crippen molar-refractivity contribution >= 4 is 27.6 Å². The van der Waals surface area contributed by atoms with Crippen LogP contribution in [0.1, 0.15) is 24.8 Å². The fourth-order valence-corrected chi connectivity index (χ4v) is 4.62. The molecule has 1 heterocycles. The molecule has 1 atom stereocenters. The number of hydrogen-bond donors (Lipinski definition) is 1. The summed E-state index contributed by atoms with van der Waals surface area (Å²) in [6.07, 6.45) is -3.47. The van der Waals surface area contributed by atoms with E-state index in [2.05, 4.69) is 0 Å². The Hall–Kier alpha value is -1.32. The Kier molecular flexibility index (Phi) is 4.93. The first-order chi connectivity index (χ1) is 10.5. The number of alkyl halides is 3. The van der Waals surface area contributed by atoms with E-state index in [0.717, 1.165) is 10.4 Å². The molecule has 0 aromatic heterocycles. The molecule has 0 spiro atoms. The Morgan fingerprint density at radius 3 is 2.48 bits per heavy atom. The maximum atomic E-state index is 12.6. The van der Waals surface area contributed by atoms with Gasteiger partial charge in [-0.15, -0.1) is 0 Å². The lowest BCUT2D eigenvalue weighted by molar-refractivity contribution is -0.142. The molecule has 2 rings (SSSR count). The van der Waals surface area contributed by atoms with Crippen molar-refractivity contribution in [1.82, 2.24) is 4.31 Å². The van der Waals surface area contributed by atoms with Gasteiger partial charge in [0.2, 0.25) is 10.0 Å². The predicted octanol–water partition coefficient (Wildman–Crippen LogP) is 2.99. The third-order valence-electron chi connectivity index (χ3n) is 3.58. The highest BCUT2D eigenvalue weighted by Gasteiger charge is 2.39. The summed E-state index contributed by atoms with van der Waals surface area (Å²) in [6.45, 7) is -0.0172. The molecule has 128 valence electrons. The highest BCUT2D eigenvalue weighted by atomic mass is 35.5. The lowest BCUT2D eigenvalue weighted by Crippen LogP contribution is -2.47. The smallest absolute Gasteiger partial charge is 0.416 e. The van der Waals surface area contributed by atoms with E-state index in [9.17, 15) is 26.4 Å². The highest BCUT2D eigenvalue weighted by molar-refractivity contribution is 7.89. The van der Waals surface area contributed by atoms with Crippen LogP contribution in [0.15, 0.2) is 23.1 Å². The number of hydrogen-bond acceptors (Lipinski definition) is 3. The molecule has 23 heavy (non-hydrogen) atoms. The van der Waals surface area contributed by atoms with E-state index in [1.54, 1.807) is 0 Å². The van der Waals surface area contributed by atoms with E-state index in [-0.39, 0.29) is 13.0 Å². The summed E-state index contributed by atoms with van der Waals surface area (Å²) in [5, 5.41) is 8.56. The average Bonchev–Trinajstić information content (AvgIpc) is 2.45. The molecular formula is C13H13ClF3NO4S. The third-order valence-corrected chi connectivity index (χ3v) is 5.98. The number of benzene rings is 1. The maximum absolute atomic E-state index is 12.6. The van der Waals surface area contributed by atoms with E-state index in [1.165, 1.54) is 0 Å². The van der Waals surface area contributed by atoms with Crippen molar-refractivity contribution in [1.29, 1.82) is 0 Å². The van der Waals surface area contributed by atoms with Gasteiger partial charge in [0.1, 0.15) is 10.9 Å². The van der Waals surface area contributed by atoms with Gasteiger partial charge in [0, 0.05) is 6.54 Å². The standard InChI is InChI=1S/C13H13ClF3NO4S/c14-9-7-8(13(15,16)17)4-5-11(9)23(21,22)18-6-2-1-3-10(18)12(19)20/h4-5,7,10H,1-3,6H2,(H,19,20)/t10-/m1/s1. The number of nitrogens with zero attached hydrogens (tertiary/aromatic N) is 1. The summed E-state index contributed by atoms with van der Waals surface area (Å²) in [4.78, 5) is 10.7. The van der Waals surface area contributed by atoms with Gasteiger partial charge in [0.05, 0.1) is 10.6 Å². The summed E-state index contributed by atoms with van der Waals surface area (Å²) in [7, 11) is -4.30. The molecular weight excluding hydrogens is 359 g/mol. The summed E-state index contributed by atoms with van der Waals surface area (Å²) in [5.74, 6) is -1.30. The minimum Gasteiger partial charge on any atom is -0.480 e. The van der Waals surface area contributed by atoms with Crippen LogP contribution < -0.4 is 0 Å².